The van der Waals surface area contributed by atoms with Crippen LogP contribution in [0.2, 0.25) is 0 Å². The molecule has 3 nitrogen and oxygen atoms in total. The van der Waals surface area contributed by atoms with E-state index in [1.54, 1.807) is 12.1 Å². The lowest BCUT2D eigenvalue weighted by Crippen LogP contribution is -2.44. The van der Waals surface area contributed by atoms with Crippen LogP contribution in [0.5, 0.6) is 5.75 Å². The first-order valence-electron chi connectivity index (χ1n) is 7.42. The minimum atomic E-state index is 0.348. The van der Waals surface area contributed by atoms with E-state index in [4.69, 9.17) is 0 Å². The minimum absolute atomic E-state index is 0.348. The fraction of sp³-hybridized carbons (Fsp3) is 0.625. The van der Waals surface area contributed by atoms with Crippen molar-refractivity contribution >= 4 is 0 Å². The quantitative estimate of drug-likeness (QED) is 0.856. The zero-order valence-corrected chi connectivity index (χ0v) is 12.1. The van der Waals surface area contributed by atoms with Crippen LogP contribution in [0.15, 0.2) is 24.3 Å². The van der Waals surface area contributed by atoms with Gasteiger partial charge in [-0.25, -0.2) is 0 Å². The number of aromatic hydroxyl groups is 1. The molecule has 0 aliphatic carbocycles. The van der Waals surface area contributed by atoms with Gasteiger partial charge in [0.15, 0.2) is 0 Å². The maximum Gasteiger partial charge on any atom is 0.115 e. The summed E-state index contributed by atoms with van der Waals surface area (Å²) in [6.07, 6.45) is 2.62. The third-order valence-electron chi connectivity index (χ3n) is 4.12. The Hall–Kier alpha value is -1.06. The molecule has 0 spiro atoms. The molecule has 3 heteroatoms. The molecule has 1 fully saturated rings. The molecule has 2 unspecified atom stereocenters. The molecule has 1 aromatic rings. The number of phenolic OH excluding ortho intramolecular Hbond substituents is 1. The van der Waals surface area contributed by atoms with Gasteiger partial charge in [0.1, 0.15) is 5.75 Å². The number of phenols is 1. The number of likely N-dealkylation sites (tertiary alicyclic amines) is 1. The zero-order valence-electron chi connectivity index (χ0n) is 12.1. The van der Waals surface area contributed by atoms with Gasteiger partial charge in [-0.05, 0) is 56.5 Å². The number of rotatable bonds is 5. The highest BCUT2D eigenvalue weighted by Gasteiger charge is 2.23. The molecule has 1 saturated heterocycles. The van der Waals surface area contributed by atoms with Crippen LogP contribution >= 0.6 is 0 Å². The molecule has 0 amide bonds. The molecule has 19 heavy (non-hydrogen) atoms. The second-order valence-electron chi connectivity index (χ2n) is 5.65. The van der Waals surface area contributed by atoms with Crippen molar-refractivity contribution in [3.63, 3.8) is 0 Å². The lowest BCUT2D eigenvalue weighted by Gasteiger charge is -2.36. The molecule has 1 aliphatic rings. The average molecular weight is 262 g/mol. The minimum Gasteiger partial charge on any atom is -0.508 e. The highest BCUT2D eigenvalue weighted by Crippen LogP contribution is 2.22. The summed E-state index contributed by atoms with van der Waals surface area (Å²) in [5.41, 5.74) is 1.29. The molecule has 1 aromatic carbocycles. The third kappa shape index (κ3) is 4.22. The van der Waals surface area contributed by atoms with Crippen molar-refractivity contribution in [3.05, 3.63) is 29.8 Å². The number of benzene rings is 1. The van der Waals surface area contributed by atoms with Gasteiger partial charge in [-0.15, -0.1) is 0 Å². The predicted molar refractivity (Wildman–Crippen MR) is 79.2 cm³/mol. The number of nitrogens with one attached hydrogen (secondary N) is 1. The first-order valence-corrected chi connectivity index (χ1v) is 7.42. The standard InChI is InChI=1S/C16H26N2O/c1-3-17-13(2)15-5-4-10-18(12-15)11-14-6-8-16(19)9-7-14/h6-9,13,15,17,19H,3-5,10-12H2,1-2H3. The van der Waals surface area contributed by atoms with Crippen molar-refractivity contribution in [2.24, 2.45) is 5.92 Å². The van der Waals surface area contributed by atoms with Gasteiger partial charge in [0, 0.05) is 19.1 Å². The Morgan fingerprint density at radius 3 is 2.79 bits per heavy atom. The van der Waals surface area contributed by atoms with E-state index >= 15 is 0 Å². The number of piperidine rings is 1. The normalized spacial score (nSPS) is 22.3. The van der Waals surface area contributed by atoms with Crippen molar-refractivity contribution in [2.45, 2.75) is 39.3 Å². The van der Waals surface area contributed by atoms with Crippen LogP contribution in [0.4, 0.5) is 0 Å². The first kappa shape index (κ1) is 14.4. The summed E-state index contributed by atoms with van der Waals surface area (Å²) in [6, 6.07) is 8.20. The van der Waals surface area contributed by atoms with Crippen LogP contribution < -0.4 is 5.32 Å². The zero-order chi connectivity index (χ0) is 13.7. The number of nitrogens with zero attached hydrogens (tertiary/aromatic N) is 1. The largest absolute Gasteiger partial charge is 0.508 e. The van der Waals surface area contributed by atoms with Crippen LogP contribution in [0.1, 0.15) is 32.3 Å². The lowest BCUT2D eigenvalue weighted by atomic mass is 9.91. The molecule has 0 bridgehead atoms. The molecular weight excluding hydrogens is 236 g/mol. The smallest absolute Gasteiger partial charge is 0.115 e. The van der Waals surface area contributed by atoms with Gasteiger partial charge in [0.25, 0.3) is 0 Å². The van der Waals surface area contributed by atoms with Crippen LogP contribution in [-0.2, 0) is 6.54 Å². The molecule has 2 rings (SSSR count). The van der Waals surface area contributed by atoms with E-state index < -0.39 is 0 Å². The van der Waals surface area contributed by atoms with Gasteiger partial charge in [-0.1, -0.05) is 19.1 Å². The summed E-state index contributed by atoms with van der Waals surface area (Å²) in [4.78, 5) is 2.54. The van der Waals surface area contributed by atoms with Crippen LogP contribution in [-0.4, -0.2) is 35.7 Å². The second kappa shape index (κ2) is 6.92. The van der Waals surface area contributed by atoms with E-state index in [0.717, 1.165) is 19.0 Å². The van der Waals surface area contributed by atoms with E-state index in [2.05, 4.69) is 24.1 Å². The summed E-state index contributed by atoms with van der Waals surface area (Å²) in [5, 5.41) is 12.9. The Morgan fingerprint density at radius 1 is 1.37 bits per heavy atom. The molecule has 0 saturated carbocycles. The molecule has 0 radical (unpaired) electrons. The van der Waals surface area contributed by atoms with Crippen molar-refractivity contribution in [1.82, 2.24) is 10.2 Å². The Labute approximate surface area is 116 Å². The summed E-state index contributed by atoms with van der Waals surface area (Å²) >= 11 is 0. The van der Waals surface area contributed by atoms with Gasteiger partial charge in [-0.3, -0.25) is 4.90 Å². The number of hydrogen-bond donors (Lipinski definition) is 2. The van der Waals surface area contributed by atoms with Gasteiger partial charge >= 0.3 is 0 Å². The Bertz CT molecular complexity index is 377. The third-order valence-corrected chi connectivity index (χ3v) is 4.12. The van der Waals surface area contributed by atoms with E-state index in [1.165, 1.54) is 31.5 Å². The van der Waals surface area contributed by atoms with Crippen molar-refractivity contribution < 1.29 is 5.11 Å². The van der Waals surface area contributed by atoms with Gasteiger partial charge < -0.3 is 10.4 Å². The molecular formula is C16H26N2O. The Balaban J connectivity index is 1.88. The number of hydrogen-bond acceptors (Lipinski definition) is 3. The molecule has 1 heterocycles. The van der Waals surface area contributed by atoms with E-state index in [-0.39, 0.29) is 0 Å². The van der Waals surface area contributed by atoms with Gasteiger partial charge in [0.2, 0.25) is 0 Å². The first-order chi connectivity index (χ1) is 9.19. The van der Waals surface area contributed by atoms with E-state index in [1.807, 2.05) is 12.1 Å². The Kier molecular flexibility index (Phi) is 5.23. The van der Waals surface area contributed by atoms with Crippen molar-refractivity contribution in [3.8, 4) is 5.75 Å². The monoisotopic (exact) mass is 262 g/mol. The second-order valence-corrected chi connectivity index (χ2v) is 5.65. The van der Waals surface area contributed by atoms with Crippen LogP contribution in [0.3, 0.4) is 0 Å². The SMILES string of the molecule is CCNC(C)C1CCCN(Cc2ccc(O)cc2)C1. The van der Waals surface area contributed by atoms with Crippen LogP contribution in [0.25, 0.3) is 0 Å². The van der Waals surface area contributed by atoms with Crippen LogP contribution in [0, 0.1) is 5.92 Å². The highest BCUT2D eigenvalue weighted by molar-refractivity contribution is 5.25. The fourth-order valence-electron chi connectivity index (χ4n) is 2.99. The maximum absolute atomic E-state index is 9.31. The average Bonchev–Trinajstić information content (AvgIpc) is 2.42. The molecule has 2 N–H and O–H groups in total. The molecule has 2 atom stereocenters. The van der Waals surface area contributed by atoms with Crippen molar-refractivity contribution in [1.29, 1.82) is 0 Å². The summed E-state index contributed by atoms with van der Waals surface area (Å²) < 4.78 is 0. The molecule has 1 aliphatic heterocycles. The topological polar surface area (TPSA) is 35.5 Å². The van der Waals surface area contributed by atoms with Gasteiger partial charge in [0.05, 0.1) is 0 Å². The predicted octanol–water partition coefficient (Wildman–Crippen LogP) is 2.60. The highest BCUT2D eigenvalue weighted by atomic mass is 16.3. The maximum atomic E-state index is 9.31. The lowest BCUT2D eigenvalue weighted by molar-refractivity contribution is 0.145. The summed E-state index contributed by atoms with van der Waals surface area (Å²) in [5.74, 6) is 1.10. The Morgan fingerprint density at radius 2 is 2.11 bits per heavy atom. The molecule has 106 valence electrons. The van der Waals surface area contributed by atoms with E-state index in [0.29, 0.717) is 11.8 Å². The molecule has 0 aromatic heterocycles. The fourth-order valence-corrected chi connectivity index (χ4v) is 2.99. The summed E-state index contributed by atoms with van der Waals surface area (Å²) in [7, 11) is 0. The van der Waals surface area contributed by atoms with Crippen molar-refractivity contribution in [2.75, 3.05) is 19.6 Å². The van der Waals surface area contributed by atoms with E-state index in [9.17, 15) is 5.11 Å². The summed E-state index contributed by atoms with van der Waals surface area (Å²) in [6.45, 7) is 8.89. The van der Waals surface area contributed by atoms with Gasteiger partial charge in [-0.2, -0.15) is 0 Å².